The van der Waals surface area contributed by atoms with Crippen LogP contribution in [0.1, 0.15) is 29.6 Å². The first-order valence-electron chi connectivity index (χ1n) is 6.24. The van der Waals surface area contributed by atoms with Crippen molar-refractivity contribution in [3.8, 4) is 5.75 Å². The number of rotatable bonds is 1. The third-order valence-electron chi connectivity index (χ3n) is 3.14. The van der Waals surface area contributed by atoms with Gasteiger partial charge in [-0.3, -0.25) is 0 Å². The van der Waals surface area contributed by atoms with Crippen molar-refractivity contribution in [2.45, 2.75) is 19.3 Å². The van der Waals surface area contributed by atoms with Crippen LogP contribution in [0.2, 0.25) is 0 Å². The highest BCUT2D eigenvalue weighted by atomic mass is 16.4. The molecule has 0 radical (unpaired) electrons. The van der Waals surface area contributed by atoms with Gasteiger partial charge >= 0.3 is 5.97 Å². The largest absolute Gasteiger partial charge is 0.872 e. The van der Waals surface area contributed by atoms with Crippen molar-refractivity contribution in [3.63, 3.8) is 0 Å². The SMILES string of the molecule is C[N+]1(C)CCCCC1.O=C(O)c1ccccc1[O-]. The summed E-state index contributed by atoms with van der Waals surface area (Å²) in [4.78, 5) is 10.2. The van der Waals surface area contributed by atoms with Gasteiger partial charge in [0.05, 0.1) is 32.7 Å². The van der Waals surface area contributed by atoms with Crippen molar-refractivity contribution in [3.05, 3.63) is 29.8 Å². The molecule has 1 N–H and O–H groups in total. The van der Waals surface area contributed by atoms with Gasteiger partial charge in [-0.2, -0.15) is 0 Å². The summed E-state index contributed by atoms with van der Waals surface area (Å²) in [6.07, 6.45) is 4.34. The maximum atomic E-state index is 10.7. The zero-order valence-electron chi connectivity index (χ0n) is 11.1. The Morgan fingerprint density at radius 1 is 1.17 bits per heavy atom. The van der Waals surface area contributed by atoms with Crippen LogP contribution in [0.5, 0.6) is 5.75 Å². The zero-order chi connectivity index (χ0) is 13.6. The Hall–Kier alpha value is -1.55. The molecule has 0 spiro atoms. The second-order valence-electron chi connectivity index (χ2n) is 5.24. The van der Waals surface area contributed by atoms with Crippen LogP contribution in [-0.2, 0) is 0 Å². The van der Waals surface area contributed by atoms with E-state index < -0.39 is 11.7 Å². The summed E-state index contributed by atoms with van der Waals surface area (Å²) in [5.74, 6) is -1.62. The van der Waals surface area contributed by atoms with Gasteiger partial charge in [-0.15, -0.1) is 0 Å². The van der Waals surface area contributed by atoms with Gasteiger partial charge in [0.25, 0.3) is 0 Å². The first-order valence-corrected chi connectivity index (χ1v) is 6.24. The van der Waals surface area contributed by atoms with Gasteiger partial charge in [-0.05, 0) is 25.3 Å². The molecule has 1 aliphatic heterocycles. The summed E-state index contributed by atoms with van der Waals surface area (Å²) in [6.45, 7) is 2.78. The molecule has 18 heavy (non-hydrogen) atoms. The fourth-order valence-electron chi connectivity index (χ4n) is 2.01. The molecule has 1 aliphatic rings. The number of likely N-dealkylation sites (tertiary alicyclic amines) is 1. The minimum atomic E-state index is -1.18. The highest BCUT2D eigenvalue weighted by Crippen LogP contribution is 2.12. The number of quaternary nitrogens is 1. The molecule has 0 aromatic heterocycles. The monoisotopic (exact) mass is 251 g/mol. The predicted octanol–water partition coefficient (Wildman–Crippen LogP) is 1.71. The van der Waals surface area contributed by atoms with E-state index in [4.69, 9.17) is 5.11 Å². The third-order valence-corrected chi connectivity index (χ3v) is 3.14. The first-order chi connectivity index (χ1) is 8.42. The number of carbonyl (C=O) groups is 1. The number of benzene rings is 1. The number of carboxylic acid groups (broad SMARTS) is 1. The van der Waals surface area contributed by atoms with E-state index >= 15 is 0 Å². The average molecular weight is 251 g/mol. The summed E-state index contributed by atoms with van der Waals surface area (Å²) in [6, 6.07) is 5.54. The Kier molecular flexibility index (Phi) is 5.16. The van der Waals surface area contributed by atoms with E-state index in [1.165, 1.54) is 61.1 Å². The molecular weight excluding hydrogens is 230 g/mol. The molecule has 1 saturated heterocycles. The van der Waals surface area contributed by atoms with Gasteiger partial charge in [0.2, 0.25) is 0 Å². The van der Waals surface area contributed by atoms with Gasteiger partial charge in [0.15, 0.2) is 0 Å². The molecule has 0 aliphatic carbocycles. The molecule has 100 valence electrons. The maximum absolute atomic E-state index is 10.7. The van der Waals surface area contributed by atoms with Crippen LogP contribution >= 0.6 is 0 Å². The normalized spacial score (nSPS) is 17.4. The Balaban J connectivity index is 0.000000184. The maximum Gasteiger partial charge on any atom is 0.335 e. The lowest BCUT2D eigenvalue weighted by Crippen LogP contribution is -2.43. The van der Waals surface area contributed by atoms with Crippen molar-refractivity contribution in [1.29, 1.82) is 0 Å². The quantitative estimate of drug-likeness (QED) is 0.773. The van der Waals surface area contributed by atoms with E-state index in [1.54, 1.807) is 0 Å². The van der Waals surface area contributed by atoms with Crippen molar-refractivity contribution in [1.82, 2.24) is 0 Å². The lowest BCUT2D eigenvalue weighted by molar-refractivity contribution is -0.894. The van der Waals surface area contributed by atoms with E-state index in [-0.39, 0.29) is 5.56 Å². The highest BCUT2D eigenvalue weighted by Gasteiger charge is 2.17. The molecule has 2 rings (SSSR count). The number of carboxylic acids is 1. The van der Waals surface area contributed by atoms with Crippen molar-refractivity contribution in [2.75, 3.05) is 27.2 Å². The average Bonchev–Trinajstić information content (AvgIpc) is 2.29. The van der Waals surface area contributed by atoms with Crippen LogP contribution in [-0.4, -0.2) is 42.7 Å². The summed E-state index contributed by atoms with van der Waals surface area (Å²) in [5.41, 5.74) is -0.178. The van der Waals surface area contributed by atoms with Gasteiger partial charge < -0.3 is 14.7 Å². The zero-order valence-corrected chi connectivity index (χ0v) is 11.1. The fourth-order valence-corrected chi connectivity index (χ4v) is 2.01. The second kappa shape index (κ2) is 6.40. The Labute approximate surface area is 108 Å². The molecule has 0 bridgehead atoms. The molecular formula is C14H21NO3. The molecule has 0 amide bonds. The minimum Gasteiger partial charge on any atom is -0.872 e. The molecule has 4 heteroatoms. The second-order valence-corrected chi connectivity index (χ2v) is 5.24. The molecule has 0 atom stereocenters. The minimum absolute atomic E-state index is 0.178. The van der Waals surface area contributed by atoms with Crippen LogP contribution in [0.3, 0.4) is 0 Å². The summed E-state index contributed by atoms with van der Waals surface area (Å²) in [7, 11) is 4.64. The van der Waals surface area contributed by atoms with Crippen LogP contribution < -0.4 is 5.11 Å². The third kappa shape index (κ3) is 4.75. The molecule has 1 aromatic rings. The number of piperidine rings is 1. The number of para-hydroxylation sites is 1. The Morgan fingerprint density at radius 3 is 2.06 bits per heavy atom. The van der Waals surface area contributed by atoms with Crippen LogP contribution in [0.4, 0.5) is 0 Å². The van der Waals surface area contributed by atoms with Crippen molar-refractivity contribution < 1.29 is 19.5 Å². The first kappa shape index (κ1) is 14.5. The van der Waals surface area contributed by atoms with Crippen molar-refractivity contribution in [2.24, 2.45) is 0 Å². The molecule has 1 heterocycles. The van der Waals surface area contributed by atoms with Crippen molar-refractivity contribution >= 4 is 5.97 Å². The number of nitrogens with zero attached hydrogens (tertiary/aromatic N) is 1. The lowest BCUT2D eigenvalue weighted by Gasteiger charge is -2.33. The molecule has 4 nitrogen and oxygen atoms in total. The van der Waals surface area contributed by atoms with Crippen LogP contribution in [0.15, 0.2) is 24.3 Å². The molecule has 1 aromatic carbocycles. The van der Waals surface area contributed by atoms with E-state index in [0.29, 0.717) is 0 Å². The Morgan fingerprint density at radius 2 is 1.72 bits per heavy atom. The smallest absolute Gasteiger partial charge is 0.335 e. The van der Waals surface area contributed by atoms with Gasteiger partial charge in [0.1, 0.15) is 0 Å². The number of hydrogen-bond acceptors (Lipinski definition) is 2. The Bertz CT molecular complexity index is 394. The highest BCUT2D eigenvalue weighted by molar-refractivity contribution is 5.90. The van der Waals surface area contributed by atoms with Crippen LogP contribution in [0, 0.1) is 0 Å². The van der Waals surface area contributed by atoms with Gasteiger partial charge in [-0.1, -0.05) is 23.9 Å². The summed E-state index contributed by atoms with van der Waals surface area (Å²) in [5, 5.41) is 19.0. The number of aromatic carboxylic acids is 1. The fraction of sp³-hybridized carbons (Fsp3) is 0.500. The molecule has 1 fully saturated rings. The van der Waals surface area contributed by atoms with E-state index in [9.17, 15) is 9.90 Å². The van der Waals surface area contributed by atoms with E-state index in [0.717, 1.165) is 0 Å². The van der Waals surface area contributed by atoms with E-state index in [2.05, 4.69) is 14.1 Å². The number of hydrogen-bond donors (Lipinski definition) is 1. The van der Waals surface area contributed by atoms with Gasteiger partial charge in [-0.25, -0.2) is 4.79 Å². The summed E-state index contributed by atoms with van der Waals surface area (Å²) >= 11 is 0. The van der Waals surface area contributed by atoms with E-state index in [1.807, 2.05) is 0 Å². The summed E-state index contributed by atoms with van der Waals surface area (Å²) < 4.78 is 1.25. The van der Waals surface area contributed by atoms with Crippen LogP contribution in [0.25, 0.3) is 0 Å². The predicted molar refractivity (Wildman–Crippen MR) is 68.5 cm³/mol. The lowest BCUT2D eigenvalue weighted by atomic mass is 10.1. The standard InChI is InChI=1S/C7H16N.C7H6O3/c1-8(2)6-4-3-5-7-8;8-6-4-2-1-3-5(6)7(9)10/h3-7H2,1-2H3;1-4,8H,(H,9,10)/q+1;/p-1. The molecule has 0 unspecified atom stereocenters. The molecule has 0 saturated carbocycles. The topological polar surface area (TPSA) is 60.4 Å². The van der Waals surface area contributed by atoms with Gasteiger partial charge in [0, 0.05) is 0 Å².